The molecule has 4 heterocycles. The molecule has 4 rings (SSSR count). The zero-order valence-corrected chi connectivity index (χ0v) is 15.0. The van der Waals surface area contributed by atoms with E-state index in [1.165, 1.54) is 5.56 Å². The van der Waals surface area contributed by atoms with E-state index in [0.29, 0.717) is 18.9 Å². The van der Waals surface area contributed by atoms with E-state index in [1.54, 1.807) is 23.7 Å². The largest absolute Gasteiger partial charge is 0.373 e. The molecule has 0 radical (unpaired) electrons. The zero-order chi connectivity index (χ0) is 17.1. The number of hydrogen-bond acceptors (Lipinski definition) is 5. The standard InChI is InChI=1S/C19H23N3O2S/c23-19(21-9-14-2-1-4-20-8-14)7-17-6-16-11-22(12-18(16)24-17)10-15-3-5-25-13-15/h1-5,8,13,16-18H,6-7,9-12H2,(H,21,23)/t16-,17+,18+/m1/s1. The molecule has 2 aromatic heterocycles. The molecule has 2 saturated heterocycles. The van der Waals surface area contributed by atoms with Crippen LogP contribution in [-0.4, -0.2) is 41.1 Å². The van der Waals surface area contributed by atoms with Gasteiger partial charge in [-0.2, -0.15) is 11.3 Å². The quantitative estimate of drug-likeness (QED) is 0.863. The van der Waals surface area contributed by atoms with Crippen LogP contribution in [0.3, 0.4) is 0 Å². The van der Waals surface area contributed by atoms with Crippen LogP contribution in [0.1, 0.15) is 24.0 Å². The van der Waals surface area contributed by atoms with Gasteiger partial charge in [0.25, 0.3) is 0 Å². The van der Waals surface area contributed by atoms with Crippen LogP contribution in [0.4, 0.5) is 0 Å². The van der Waals surface area contributed by atoms with Gasteiger partial charge in [-0.3, -0.25) is 14.7 Å². The number of fused-ring (bicyclic) bond motifs is 1. The van der Waals surface area contributed by atoms with Crippen molar-refractivity contribution in [3.63, 3.8) is 0 Å². The van der Waals surface area contributed by atoms with Crippen molar-refractivity contribution in [3.8, 4) is 0 Å². The molecule has 2 aliphatic rings. The van der Waals surface area contributed by atoms with Gasteiger partial charge in [0.2, 0.25) is 5.91 Å². The lowest BCUT2D eigenvalue weighted by Gasteiger charge is -2.18. The van der Waals surface area contributed by atoms with Crippen LogP contribution >= 0.6 is 11.3 Å². The first-order valence-electron chi connectivity index (χ1n) is 8.81. The van der Waals surface area contributed by atoms with E-state index in [1.807, 2.05) is 12.1 Å². The fraction of sp³-hybridized carbons (Fsp3) is 0.474. The number of ether oxygens (including phenoxy) is 1. The van der Waals surface area contributed by atoms with Crippen LogP contribution in [0.25, 0.3) is 0 Å². The summed E-state index contributed by atoms with van der Waals surface area (Å²) in [6.07, 6.45) is 5.31. The Hall–Kier alpha value is -1.76. The topological polar surface area (TPSA) is 54.5 Å². The maximum absolute atomic E-state index is 12.1. The third-order valence-electron chi connectivity index (χ3n) is 5.00. The summed E-state index contributed by atoms with van der Waals surface area (Å²) in [5, 5.41) is 7.30. The van der Waals surface area contributed by atoms with Crippen molar-refractivity contribution in [2.45, 2.75) is 38.1 Å². The molecule has 0 aromatic carbocycles. The zero-order valence-electron chi connectivity index (χ0n) is 14.1. The Kier molecular flexibility index (Phi) is 5.10. The number of rotatable bonds is 6. The van der Waals surface area contributed by atoms with Crippen LogP contribution in [-0.2, 0) is 22.6 Å². The van der Waals surface area contributed by atoms with E-state index < -0.39 is 0 Å². The SMILES string of the molecule is O=C(C[C@@H]1C[C@@H]2CN(Cc3ccsc3)C[C@@H]2O1)NCc1cccnc1. The summed E-state index contributed by atoms with van der Waals surface area (Å²) in [6.45, 7) is 3.60. The number of nitrogens with zero attached hydrogens (tertiary/aromatic N) is 2. The van der Waals surface area contributed by atoms with Gasteiger partial charge in [0.1, 0.15) is 0 Å². The van der Waals surface area contributed by atoms with E-state index in [9.17, 15) is 4.79 Å². The van der Waals surface area contributed by atoms with Crippen molar-refractivity contribution >= 4 is 17.2 Å². The summed E-state index contributed by atoms with van der Waals surface area (Å²) in [5.41, 5.74) is 2.40. The van der Waals surface area contributed by atoms with Crippen molar-refractivity contribution in [2.24, 2.45) is 5.92 Å². The molecule has 6 heteroatoms. The van der Waals surface area contributed by atoms with Crippen LogP contribution in [0.5, 0.6) is 0 Å². The molecule has 0 aliphatic carbocycles. The van der Waals surface area contributed by atoms with Gasteiger partial charge >= 0.3 is 0 Å². The predicted molar refractivity (Wildman–Crippen MR) is 97.1 cm³/mol. The maximum atomic E-state index is 12.1. The van der Waals surface area contributed by atoms with Crippen molar-refractivity contribution < 1.29 is 9.53 Å². The normalized spacial score (nSPS) is 25.8. The second-order valence-corrected chi connectivity index (χ2v) is 7.74. The highest BCUT2D eigenvalue weighted by Crippen LogP contribution is 2.34. The molecule has 0 saturated carbocycles. The van der Waals surface area contributed by atoms with Crippen molar-refractivity contribution in [1.29, 1.82) is 0 Å². The Labute approximate surface area is 152 Å². The van der Waals surface area contributed by atoms with E-state index in [0.717, 1.165) is 31.6 Å². The average Bonchev–Trinajstić information content (AvgIpc) is 3.31. The summed E-state index contributed by atoms with van der Waals surface area (Å²) >= 11 is 1.75. The van der Waals surface area contributed by atoms with Gasteiger partial charge in [-0.05, 0) is 40.4 Å². The minimum atomic E-state index is 0.0592. The van der Waals surface area contributed by atoms with Crippen molar-refractivity contribution in [3.05, 3.63) is 52.5 Å². The fourth-order valence-electron chi connectivity index (χ4n) is 3.83. The van der Waals surface area contributed by atoms with Gasteiger partial charge in [0.15, 0.2) is 0 Å². The Balaban J connectivity index is 1.20. The number of aromatic nitrogens is 1. The van der Waals surface area contributed by atoms with E-state index in [4.69, 9.17) is 4.74 Å². The second-order valence-electron chi connectivity index (χ2n) is 6.96. The number of likely N-dealkylation sites (tertiary alicyclic amines) is 1. The molecule has 0 spiro atoms. The van der Waals surface area contributed by atoms with Gasteiger partial charge in [0, 0.05) is 44.5 Å². The molecule has 1 N–H and O–H groups in total. The van der Waals surface area contributed by atoms with Crippen LogP contribution in [0.15, 0.2) is 41.4 Å². The highest BCUT2D eigenvalue weighted by Gasteiger charge is 2.42. The number of pyridine rings is 1. The summed E-state index contributed by atoms with van der Waals surface area (Å²) in [6, 6.07) is 6.03. The van der Waals surface area contributed by atoms with Gasteiger partial charge < -0.3 is 10.1 Å². The second kappa shape index (κ2) is 7.64. The minimum Gasteiger partial charge on any atom is -0.373 e. The van der Waals surface area contributed by atoms with Crippen LogP contribution in [0, 0.1) is 5.92 Å². The smallest absolute Gasteiger partial charge is 0.222 e. The molecule has 2 fully saturated rings. The van der Waals surface area contributed by atoms with E-state index >= 15 is 0 Å². The average molecular weight is 357 g/mol. The Morgan fingerprint density at radius 3 is 3.08 bits per heavy atom. The number of hydrogen-bond donors (Lipinski definition) is 1. The molecule has 25 heavy (non-hydrogen) atoms. The van der Waals surface area contributed by atoms with E-state index in [2.05, 4.69) is 32.0 Å². The molecular formula is C19H23N3O2S. The minimum absolute atomic E-state index is 0.0592. The van der Waals surface area contributed by atoms with Crippen molar-refractivity contribution in [1.82, 2.24) is 15.2 Å². The monoisotopic (exact) mass is 357 g/mol. The first-order chi connectivity index (χ1) is 12.3. The lowest BCUT2D eigenvalue weighted by molar-refractivity contribution is -0.124. The molecule has 0 unspecified atom stereocenters. The lowest BCUT2D eigenvalue weighted by Crippen LogP contribution is -2.29. The molecule has 1 amide bonds. The molecule has 3 atom stereocenters. The van der Waals surface area contributed by atoms with Crippen LogP contribution < -0.4 is 5.32 Å². The lowest BCUT2D eigenvalue weighted by atomic mass is 10.0. The number of carbonyl (C=O) groups is 1. The summed E-state index contributed by atoms with van der Waals surface area (Å²) in [4.78, 5) is 18.7. The summed E-state index contributed by atoms with van der Waals surface area (Å²) in [7, 11) is 0. The predicted octanol–water partition coefficient (Wildman–Crippen LogP) is 2.44. The molecule has 2 aliphatic heterocycles. The molecule has 132 valence electrons. The first-order valence-corrected chi connectivity index (χ1v) is 9.75. The Bertz CT molecular complexity index is 678. The van der Waals surface area contributed by atoms with Crippen LogP contribution in [0.2, 0.25) is 0 Å². The molecule has 5 nitrogen and oxygen atoms in total. The Morgan fingerprint density at radius 1 is 1.36 bits per heavy atom. The highest BCUT2D eigenvalue weighted by molar-refractivity contribution is 7.07. The maximum Gasteiger partial charge on any atom is 0.222 e. The van der Waals surface area contributed by atoms with Gasteiger partial charge in [-0.15, -0.1) is 0 Å². The molecular weight excluding hydrogens is 334 g/mol. The third kappa shape index (κ3) is 4.26. The first kappa shape index (κ1) is 16.7. The summed E-state index contributed by atoms with van der Waals surface area (Å²) < 4.78 is 6.15. The van der Waals surface area contributed by atoms with Crippen molar-refractivity contribution in [2.75, 3.05) is 13.1 Å². The van der Waals surface area contributed by atoms with Gasteiger partial charge in [-0.1, -0.05) is 6.07 Å². The third-order valence-corrected chi connectivity index (χ3v) is 5.73. The Morgan fingerprint density at radius 2 is 2.32 bits per heavy atom. The summed E-state index contributed by atoms with van der Waals surface area (Å²) in [5.74, 6) is 0.624. The van der Waals surface area contributed by atoms with Gasteiger partial charge in [-0.25, -0.2) is 0 Å². The van der Waals surface area contributed by atoms with E-state index in [-0.39, 0.29) is 18.1 Å². The number of nitrogens with one attached hydrogen (secondary N) is 1. The fourth-order valence-corrected chi connectivity index (χ4v) is 4.49. The highest BCUT2D eigenvalue weighted by atomic mass is 32.1. The van der Waals surface area contributed by atoms with Gasteiger partial charge in [0.05, 0.1) is 18.6 Å². The molecule has 2 aromatic rings. The number of amides is 1. The number of carbonyl (C=O) groups excluding carboxylic acids is 1. The number of thiophene rings is 1. The molecule has 0 bridgehead atoms.